The van der Waals surface area contributed by atoms with Gasteiger partial charge in [-0.05, 0) is 28.7 Å². The molecule has 2 nitrogen and oxygen atoms in total. The van der Waals surface area contributed by atoms with E-state index in [1.165, 1.54) is 27.1 Å². The molecule has 0 saturated carbocycles. The van der Waals surface area contributed by atoms with Gasteiger partial charge in [0.15, 0.2) is 0 Å². The molecule has 0 atom stereocenters. The molecule has 2 aromatic carbocycles. The number of hydrogen-bond donors (Lipinski definition) is 1. The maximum absolute atomic E-state index is 4.15. The fourth-order valence-electron chi connectivity index (χ4n) is 3.08. The molecule has 4 rings (SSSR count). The lowest BCUT2D eigenvalue weighted by Gasteiger charge is -2.29. The summed E-state index contributed by atoms with van der Waals surface area (Å²) in [6.45, 7) is 0.859. The average molecular weight is 292 g/mol. The summed E-state index contributed by atoms with van der Waals surface area (Å²) in [4.78, 5) is 5.43. The second-order valence-corrected chi connectivity index (χ2v) is 6.33. The third-order valence-corrected chi connectivity index (χ3v) is 4.86. The summed E-state index contributed by atoms with van der Waals surface area (Å²) < 4.78 is 0. The number of nitrogens with zero attached hydrogens (tertiary/aromatic N) is 1. The monoisotopic (exact) mass is 292 g/mol. The standard InChI is InChI=1S/C18H16N2S/c1-3-7-16-13(5-1)9-14-6-2-4-8-17(14)18(16)20-11-15-10-19-12-21-15/h1-8,10,12,18,20H,9,11H2. The van der Waals surface area contributed by atoms with E-state index < -0.39 is 0 Å². The summed E-state index contributed by atoms with van der Waals surface area (Å²) in [6.07, 6.45) is 2.98. The lowest BCUT2D eigenvalue weighted by atomic mass is 9.82. The number of fused-ring (bicyclic) bond motifs is 2. The first-order valence-corrected chi connectivity index (χ1v) is 8.06. The van der Waals surface area contributed by atoms with Crippen LogP contribution in [0.1, 0.15) is 33.2 Å². The molecule has 1 N–H and O–H groups in total. The molecule has 1 heterocycles. The van der Waals surface area contributed by atoms with Crippen LogP contribution < -0.4 is 5.32 Å². The molecule has 3 heteroatoms. The van der Waals surface area contributed by atoms with Crippen molar-refractivity contribution in [2.24, 2.45) is 0 Å². The van der Waals surface area contributed by atoms with E-state index in [1.807, 2.05) is 11.7 Å². The molecule has 0 radical (unpaired) electrons. The minimum Gasteiger partial charge on any atom is -0.301 e. The summed E-state index contributed by atoms with van der Waals surface area (Å²) in [5.41, 5.74) is 7.55. The van der Waals surface area contributed by atoms with Crippen LogP contribution >= 0.6 is 11.3 Å². The minimum atomic E-state index is 0.272. The van der Waals surface area contributed by atoms with Gasteiger partial charge in [0, 0.05) is 17.6 Å². The molecule has 104 valence electrons. The first kappa shape index (κ1) is 12.7. The Balaban J connectivity index is 1.71. The number of rotatable bonds is 3. The average Bonchev–Trinajstić information content (AvgIpc) is 3.05. The van der Waals surface area contributed by atoms with Crippen LogP contribution in [0.2, 0.25) is 0 Å². The highest BCUT2D eigenvalue weighted by molar-refractivity contribution is 7.09. The maximum atomic E-state index is 4.15. The lowest BCUT2D eigenvalue weighted by molar-refractivity contribution is 0.592. The molecule has 21 heavy (non-hydrogen) atoms. The maximum Gasteiger partial charge on any atom is 0.0794 e. The van der Waals surface area contributed by atoms with Crippen molar-refractivity contribution >= 4 is 11.3 Å². The van der Waals surface area contributed by atoms with Crippen LogP contribution in [-0.4, -0.2) is 4.98 Å². The topological polar surface area (TPSA) is 24.9 Å². The Kier molecular flexibility index (Phi) is 3.30. The number of benzene rings is 2. The van der Waals surface area contributed by atoms with E-state index in [0.717, 1.165) is 13.0 Å². The fraction of sp³-hybridized carbons (Fsp3) is 0.167. The molecule has 0 aliphatic heterocycles. The number of nitrogens with one attached hydrogen (secondary N) is 1. The highest BCUT2D eigenvalue weighted by atomic mass is 32.1. The second kappa shape index (κ2) is 5.43. The predicted molar refractivity (Wildman–Crippen MR) is 86.5 cm³/mol. The van der Waals surface area contributed by atoms with Gasteiger partial charge in [0.25, 0.3) is 0 Å². The fourth-order valence-corrected chi connectivity index (χ4v) is 3.62. The van der Waals surface area contributed by atoms with Crippen LogP contribution in [0.5, 0.6) is 0 Å². The van der Waals surface area contributed by atoms with Crippen molar-refractivity contribution in [2.45, 2.75) is 19.0 Å². The van der Waals surface area contributed by atoms with Crippen molar-refractivity contribution in [3.63, 3.8) is 0 Å². The Morgan fingerprint density at radius 3 is 2.29 bits per heavy atom. The molecule has 0 saturated heterocycles. The molecule has 1 aliphatic rings. The van der Waals surface area contributed by atoms with Crippen LogP contribution in [-0.2, 0) is 13.0 Å². The molecule has 0 unspecified atom stereocenters. The molecule has 0 bridgehead atoms. The van der Waals surface area contributed by atoms with E-state index in [-0.39, 0.29) is 6.04 Å². The van der Waals surface area contributed by atoms with Gasteiger partial charge in [0.05, 0.1) is 11.6 Å². The van der Waals surface area contributed by atoms with Gasteiger partial charge in [-0.3, -0.25) is 4.98 Å². The Hall–Kier alpha value is -1.97. The summed E-state index contributed by atoms with van der Waals surface area (Å²) in [7, 11) is 0. The zero-order valence-corrected chi connectivity index (χ0v) is 12.4. The quantitative estimate of drug-likeness (QED) is 0.791. The molecular formula is C18H16N2S. The summed E-state index contributed by atoms with van der Waals surface area (Å²) >= 11 is 1.70. The van der Waals surface area contributed by atoms with E-state index >= 15 is 0 Å². The predicted octanol–water partition coefficient (Wildman–Crippen LogP) is 3.93. The van der Waals surface area contributed by atoms with E-state index in [9.17, 15) is 0 Å². The lowest BCUT2D eigenvalue weighted by Crippen LogP contribution is -2.26. The Bertz CT molecular complexity index is 704. The third kappa shape index (κ3) is 2.39. The van der Waals surface area contributed by atoms with Crippen LogP contribution in [0.4, 0.5) is 0 Å². The van der Waals surface area contributed by atoms with Gasteiger partial charge in [-0.2, -0.15) is 0 Å². The van der Waals surface area contributed by atoms with E-state index in [2.05, 4.69) is 58.8 Å². The van der Waals surface area contributed by atoms with Crippen LogP contribution in [0, 0.1) is 0 Å². The van der Waals surface area contributed by atoms with E-state index in [4.69, 9.17) is 0 Å². The van der Waals surface area contributed by atoms with E-state index in [0.29, 0.717) is 0 Å². The SMILES string of the molecule is c1ccc2c(c1)Cc1ccccc1C2NCc1cncs1. The van der Waals surface area contributed by atoms with Gasteiger partial charge in [-0.15, -0.1) is 11.3 Å². The van der Waals surface area contributed by atoms with Crippen molar-refractivity contribution in [3.8, 4) is 0 Å². The number of hydrogen-bond acceptors (Lipinski definition) is 3. The van der Waals surface area contributed by atoms with E-state index in [1.54, 1.807) is 11.3 Å². The van der Waals surface area contributed by atoms with Crippen LogP contribution in [0.15, 0.2) is 60.2 Å². The second-order valence-electron chi connectivity index (χ2n) is 5.36. The number of thiazole rings is 1. The Labute approximate surface area is 128 Å². The van der Waals surface area contributed by atoms with Crippen molar-refractivity contribution in [2.75, 3.05) is 0 Å². The van der Waals surface area contributed by atoms with Crippen molar-refractivity contribution in [1.82, 2.24) is 10.3 Å². The first-order valence-electron chi connectivity index (χ1n) is 7.18. The van der Waals surface area contributed by atoms with Crippen molar-refractivity contribution in [3.05, 3.63) is 87.4 Å². The number of aromatic nitrogens is 1. The van der Waals surface area contributed by atoms with Crippen LogP contribution in [0.3, 0.4) is 0 Å². The molecule has 1 aromatic heterocycles. The Morgan fingerprint density at radius 2 is 1.67 bits per heavy atom. The summed E-state index contributed by atoms with van der Waals surface area (Å²) in [5, 5.41) is 3.71. The van der Waals surface area contributed by atoms with Gasteiger partial charge < -0.3 is 5.32 Å². The molecule has 0 amide bonds. The first-order chi connectivity index (χ1) is 10.4. The minimum absolute atomic E-state index is 0.272. The van der Waals surface area contributed by atoms with Crippen molar-refractivity contribution < 1.29 is 0 Å². The Morgan fingerprint density at radius 1 is 1.00 bits per heavy atom. The van der Waals surface area contributed by atoms with Crippen molar-refractivity contribution in [1.29, 1.82) is 0 Å². The van der Waals surface area contributed by atoms with Gasteiger partial charge in [0.1, 0.15) is 0 Å². The van der Waals surface area contributed by atoms with Crippen LogP contribution in [0.25, 0.3) is 0 Å². The van der Waals surface area contributed by atoms with Gasteiger partial charge in [0.2, 0.25) is 0 Å². The molecule has 0 fully saturated rings. The summed E-state index contributed by atoms with van der Waals surface area (Å²) in [6, 6.07) is 17.8. The zero-order valence-electron chi connectivity index (χ0n) is 11.6. The largest absolute Gasteiger partial charge is 0.301 e. The third-order valence-electron chi connectivity index (χ3n) is 4.08. The normalized spacial score (nSPS) is 13.7. The molecule has 3 aromatic rings. The highest BCUT2D eigenvalue weighted by Gasteiger charge is 2.24. The molecule has 1 aliphatic carbocycles. The molecular weight excluding hydrogens is 276 g/mol. The zero-order chi connectivity index (χ0) is 14.1. The summed E-state index contributed by atoms with van der Waals surface area (Å²) in [5.74, 6) is 0. The van der Waals surface area contributed by atoms with Gasteiger partial charge in [-0.25, -0.2) is 0 Å². The van der Waals surface area contributed by atoms with Gasteiger partial charge in [-0.1, -0.05) is 48.5 Å². The smallest absolute Gasteiger partial charge is 0.0794 e. The van der Waals surface area contributed by atoms with Gasteiger partial charge >= 0.3 is 0 Å². The highest BCUT2D eigenvalue weighted by Crippen LogP contribution is 2.34. The molecule has 0 spiro atoms.